The van der Waals surface area contributed by atoms with Crippen molar-refractivity contribution in [1.82, 2.24) is 10.2 Å². The van der Waals surface area contributed by atoms with Gasteiger partial charge in [-0.1, -0.05) is 20.3 Å². The first-order chi connectivity index (χ1) is 9.21. The van der Waals surface area contributed by atoms with Gasteiger partial charge in [-0.25, -0.2) is 4.79 Å². The molecule has 0 saturated heterocycles. The van der Waals surface area contributed by atoms with Crippen molar-refractivity contribution in [3.05, 3.63) is 0 Å². The third-order valence-electron chi connectivity index (χ3n) is 2.69. The Bertz CT molecular complexity index is 311. The molecule has 0 bridgehead atoms. The van der Waals surface area contributed by atoms with Crippen LogP contribution in [0.1, 0.15) is 60.8 Å². The van der Waals surface area contributed by atoms with Crippen molar-refractivity contribution in [3.63, 3.8) is 0 Å². The van der Waals surface area contributed by atoms with Gasteiger partial charge in [-0.05, 0) is 40.5 Å². The Morgan fingerprint density at radius 1 is 1.15 bits per heavy atom. The SMILES string of the molecule is CCCCN(CCC)C(=O)C(C)NC(=O)OC(C)(C)C. The molecule has 0 fully saturated rings. The fourth-order valence-electron chi connectivity index (χ4n) is 1.77. The third-order valence-corrected chi connectivity index (χ3v) is 2.69. The minimum Gasteiger partial charge on any atom is -0.444 e. The van der Waals surface area contributed by atoms with Crippen molar-refractivity contribution >= 4 is 12.0 Å². The second kappa shape index (κ2) is 8.82. The van der Waals surface area contributed by atoms with Gasteiger partial charge in [-0.15, -0.1) is 0 Å². The number of nitrogens with zero attached hydrogens (tertiary/aromatic N) is 1. The van der Waals surface area contributed by atoms with E-state index in [0.29, 0.717) is 0 Å². The van der Waals surface area contributed by atoms with Gasteiger partial charge in [0.25, 0.3) is 0 Å². The second-order valence-electron chi connectivity index (χ2n) is 6.05. The molecule has 0 radical (unpaired) electrons. The van der Waals surface area contributed by atoms with Gasteiger partial charge in [-0.2, -0.15) is 0 Å². The number of unbranched alkanes of at least 4 members (excludes halogenated alkanes) is 1. The van der Waals surface area contributed by atoms with E-state index in [4.69, 9.17) is 4.74 Å². The van der Waals surface area contributed by atoms with Crippen LogP contribution in [0, 0.1) is 0 Å². The van der Waals surface area contributed by atoms with Crippen LogP contribution < -0.4 is 5.32 Å². The first kappa shape index (κ1) is 18.7. The van der Waals surface area contributed by atoms with Crippen molar-refractivity contribution in [2.75, 3.05) is 13.1 Å². The summed E-state index contributed by atoms with van der Waals surface area (Å²) >= 11 is 0. The average Bonchev–Trinajstić information content (AvgIpc) is 2.31. The topological polar surface area (TPSA) is 58.6 Å². The van der Waals surface area contributed by atoms with E-state index in [1.807, 2.05) is 11.8 Å². The van der Waals surface area contributed by atoms with Gasteiger partial charge >= 0.3 is 6.09 Å². The number of amides is 2. The summed E-state index contributed by atoms with van der Waals surface area (Å²) in [6.07, 6.45) is 2.38. The summed E-state index contributed by atoms with van der Waals surface area (Å²) in [6.45, 7) is 12.7. The van der Waals surface area contributed by atoms with E-state index >= 15 is 0 Å². The lowest BCUT2D eigenvalue weighted by Crippen LogP contribution is -2.48. The standard InChI is InChI=1S/C15H30N2O3/c1-7-9-11-17(10-8-2)13(18)12(3)16-14(19)20-15(4,5)6/h12H,7-11H2,1-6H3,(H,16,19). The summed E-state index contributed by atoms with van der Waals surface area (Å²) in [5.41, 5.74) is -0.557. The van der Waals surface area contributed by atoms with Crippen LogP contribution in [0.5, 0.6) is 0 Å². The molecule has 1 unspecified atom stereocenters. The molecule has 1 atom stereocenters. The van der Waals surface area contributed by atoms with Crippen LogP contribution in [0.15, 0.2) is 0 Å². The van der Waals surface area contributed by atoms with Crippen LogP contribution in [0.3, 0.4) is 0 Å². The molecule has 5 heteroatoms. The Morgan fingerprint density at radius 3 is 2.20 bits per heavy atom. The maximum atomic E-state index is 12.3. The minimum absolute atomic E-state index is 0.0499. The molecule has 20 heavy (non-hydrogen) atoms. The van der Waals surface area contributed by atoms with Gasteiger partial charge in [0.15, 0.2) is 0 Å². The zero-order valence-electron chi connectivity index (χ0n) is 13.8. The first-order valence-corrected chi connectivity index (χ1v) is 7.49. The lowest BCUT2D eigenvalue weighted by Gasteiger charge is -2.27. The molecule has 0 saturated carbocycles. The number of carbonyl (C=O) groups excluding carboxylic acids is 2. The second-order valence-corrected chi connectivity index (χ2v) is 6.05. The lowest BCUT2D eigenvalue weighted by atomic mass is 10.2. The maximum Gasteiger partial charge on any atom is 0.408 e. The van der Waals surface area contributed by atoms with E-state index in [9.17, 15) is 9.59 Å². The highest BCUT2D eigenvalue weighted by molar-refractivity contribution is 5.85. The summed E-state index contributed by atoms with van der Waals surface area (Å²) in [4.78, 5) is 25.8. The van der Waals surface area contributed by atoms with Gasteiger partial charge in [0, 0.05) is 13.1 Å². The van der Waals surface area contributed by atoms with E-state index in [1.165, 1.54) is 0 Å². The molecule has 0 spiro atoms. The monoisotopic (exact) mass is 286 g/mol. The fourth-order valence-corrected chi connectivity index (χ4v) is 1.77. The molecule has 0 aromatic heterocycles. The molecule has 1 N–H and O–H groups in total. The molecule has 0 rings (SSSR count). The quantitative estimate of drug-likeness (QED) is 0.783. The predicted molar refractivity (Wildman–Crippen MR) is 80.6 cm³/mol. The average molecular weight is 286 g/mol. The van der Waals surface area contributed by atoms with Crippen molar-refractivity contribution < 1.29 is 14.3 Å². The van der Waals surface area contributed by atoms with E-state index in [0.717, 1.165) is 32.4 Å². The summed E-state index contributed by atoms with van der Waals surface area (Å²) in [5.74, 6) is -0.0499. The highest BCUT2D eigenvalue weighted by Gasteiger charge is 2.24. The summed E-state index contributed by atoms with van der Waals surface area (Å²) in [5, 5.41) is 2.60. The van der Waals surface area contributed by atoms with Gasteiger partial charge in [0.2, 0.25) is 5.91 Å². The van der Waals surface area contributed by atoms with Crippen molar-refractivity contribution in [2.45, 2.75) is 72.4 Å². The minimum atomic E-state index is -0.562. The Morgan fingerprint density at radius 2 is 1.75 bits per heavy atom. The maximum absolute atomic E-state index is 12.3. The molecule has 0 heterocycles. The molecule has 0 aromatic carbocycles. The molecule has 0 aliphatic rings. The van der Waals surface area contributed by atoms with Crippen molar-refractivity contribution in [3.8, 4) is 0 Å². The Balaban J connectivity index is 4.45. The zero-order chi connectivity index (χ0) is 15.8. The predicted octanol–water partition coefficient (Wildman–Crippen LogP) is 2.94. The highest BCUT2D eigenvalue weighted by Crippen LogP contribution is 2.07. The molecule has 0 aliphatic heterocycles. The van der Waals surface area contributed by atoms with Crippen molar-refractivity contribution in [1.29, 1.82) is 0 Å². The normalized spacial score (nSPS) is 12.7. The zero-order valence-corrected chi connectivity index (χ0v) is 13.8. The number of nitrogens with one attached hydrogen (secondary N) is 1. The molecular formula is C15H30N2O3. The number of rotatable bonds is 7. The van der Waals surface area contributed by atoms with Gasteiger partial charge in [0.05, 0.1) is 0 Å². The number of hydrogen-bond donors (Lipinski definition) is 1. The van der Waals surface area contributed by atoms with E-state index in [1.54, 1.807) is 27.7 Å². The van der Waals surface area contributed by atoms with E-state index in [-0.39, 0.29) is 5.91 Å². The molecule has 5 nitrogen and oxygen atoms in total. The Labute approximate surface area is 123 Å². The van der Waals surface area contributed by atoms with Crippen LogP contribution in [-0.4, -0.2) is 41.6 Å². The molecule has 0 aromatic rings. The van der Waals surface area contributed by atoms with Crippen LogP contribution in [0.4, 0.5) is 4.79 Å². The van der Waals surface area contributed by atoms with E-state index < -0.39 is 17.7 Å². The molecule has 2 amide bonds. The number of hydrogen-bond acceptors (Lipinski definition) is 3. The van der Waals surface area contributed by atoms with Gasteiger partial charge in [-0.3, -0.25) is 4.79 Å². The summed E-state index contributed by atoms with van der Waals surface area (Å²) < 4.78 is 5.16. The summed E-state index contributed by atoms with van der Waals surface area (Å²) in [6, 6.07) is -0.562. The Hall–Kier alpha value is -1.26. The van der Waals surface area contributed by atoms with Crippen LogP contribution in [-0.2, 0) is 9.53 Å². The van der Waals surface area contributed by atoms with Gasteiger partial charge in [0.1, 0.15) is 11.6 Å². The third kappa shape index (κ3) is 8.02. The Kier molecular flexibility index (Phi) is 8.26. The lowest BCUT2D eigenvalue weighted by molar-refractivity contribution is -0.133. The number of alkyl carbamates (subject to hydrolysis) is 1. The smallest absolute Gasteiger partial charge is 0.408 e. The molecule has 118 valence electrons. The first-order valence-electron chi connectivity index (χ1n) is 7.49. The molecule has 0 aliphatic carbocycles. The van der Waals surface area contributed by atoms with Crippen LogP contribution in [0.2, 0.25) is 0 Å². The number of carbonyl (C=O) groups is 2. The van der Waals surface area contributed by atoms with Gasteiger partial charge < -0.3 is 15.0 Å². The van der Waals surface area contributed by atoms with E-state index in [2.05, 4.69) is 12.2 Å². The summed E-state index contributed by atoms with van der Waals surface area (Å²) in [7, 11) is 0. The van der Waals surface area contributed by atoms with Crippen molar-refractivity contribution in [2.24, 2.45) is 0 Å². The molecular weight excluding hydrogens is 256 g/mol. The highest BCUT2D eigenvalue weighted by atomic mass is 16.6. The number of ether oxygens (including phenoxy) is 1. The van der Waals surface area contributed by atoms with Crippen LogP contribution >= 0.6 is 0 Å². The fraction of sp³-hybridized carbons (Fsp3) is 0.867. The van der Waals surface area contributed by atoms with Crippen LogP contribution in [0.25, 0.3) is 0 Å². The largest absolute Gasteiger partial charge is 0.444 e.